The third kappa shape index (κ3) is 6.13. The average molecular weight is 363 g/mol. The zero-order valence-electron chi connectivity index (χ0n) is 14.9. The highest BCUT2D eigenvalue weighted by molar-refractivity contribution is 7.99. The molecule has 8 heteroatoms. The van der Waals surface area contributed by atoms with Crippen molar-refractivity contribution >= 4 is 17.7 Å². The van der Waals surface area contributed by atoms with Crippen LogP contribution in [0.2, 0.25) is 0 Å². The van der Waals surface area contributed by atoms with Crippen LogP contribution in [-0.2, 0) is 16.1 Å². The fourth-order valence-electron chi connectivity index (χ4n) is 2.27. The van der Waals surface area contributed by atoms with E-state index >= 15 is 0 Å². The lowest BCUT2D eigenvalue weighted by molar-refractivity contribution is -0.118. The number of thioether (sulfide) groups is 1. The number of amides is 1. The van der Waals surface area contributed by atoms with Gasteiger partial charge in [-0.1, -0.05) is 25.6 Å². The molecule has 2 aromatic heterocycles. The van der Waals surface area contributed by atoms with E-state index in [1.807, 2.05) is 12.1 Å². The van der Waals surface area contributed by atoms with Crippen LogP contribution in [0.3, 0.4) is 0 Å². The van der Waals surface area contributed by atoms with Gasteiger partial charge in [0, 0.05) is 44.8 Å². The number of hydrogen-bond acceptors (Lipinski definition) is 6. The molecule has 0 aliphatic heterocycles. The van der Waals surface area contributed by atoms with Gasteiger partial charge < -0.3 is 14.6 Å². The first-order chi connectivity index (χ1) is 12.1. The van der Waals surface area contributed by atoms with Gasteiger partial charge in [0.25, 0.3) is 0 Å². The number of carbonyl (C=O) groups excluding carboxylic acids is 1. The number of ether oxygens (including phenoxy) is 1. The minimum absolute atomic E-state index is 0.00865. The van der Waals surface area contributed by atoms with Gasteiger partial charge in [-0.3, -0.25) is 9.78 Å². The number of rotatable bonds is 10. The van der Waals surface area contributed by atoms with Crippen molar-refractivity contribution in [3.05, 3.63) is 24.5 Å². The van der Waals surface area contributed by atoms with Gasteiger partial charge in [0.2, 0.25) is 5.91 Å². The second-order valence-corrected chi connectivity index (χ2v) is 6.97. The molecule has 2 heterocycles. The van der Waals surface area contributed by atoms with Crippen molar-refractivity contribution in [2.24, 2.45) is 5.92 Å². The third-order valence-electron chi connectivity index (χ3n) is 3.38. The number of pyridine rings is 1. The van der Waals surface area contributed by atoms with E-state index in [-0.39, 0.29) is 5.91 Å². The van der Waals surface area contributed by atoms with E-state index in [0.29, 0.717) is 24.8 Å². The van der Waals surface area contributed by atoms with Crippen LogP contribution in [0.4, 0.5) is 0 Å². The van der Waals surface area contributed by atoms with Crippen LogP contribution >= 0.6 is 11.8 Å². The summed E-state index contributed by atoms with van der Waals surface area (Å²) >= 11 is 1.41. The molecule has 7 nitrogen and oxygen atoms in total. The molecule has 136 valence electrons. The van der Waals surface area contributed by atoms with Crippen LogP contribution in [0.25, 0.3) is 11.4 Å². The Kier molecular flexibility index (Phi) is 7.87. The van der Waals surface area contributed by atoms with Gasteiger partial charge in [-0.05, 0) is 24.5 Å². The normalized spacial score (nSPS) is 11.0. The van der Waals surface area contributed by atoms with Crippen molar-refractivity contribution < 1.29 is 9.53 Å². The molecule has 0 bridgehead atoms. The lowest BCUT2D eigenvalue weighted by atomic mass is 10.2. The fraction of sp³-hybridized carbons (Fsp3) is 0.529. The summed E-state index contributed by atoms with van der Waals surface area (Å²) in [6.07, 6.45) is 4.29. The Bertz CT molecular complexity index is 660. The van der Waals surface area contributed by atoms with Crippen LogP contribution in [0.5, 0.6) is 0 Å². The topological polar surface area (TPSA) is 81.9 Å². The molecule has 1 amide bonds. The van der Waals surface area contributed by atoms with Gasteiger partial charge in [0.05, 0.1) is 5.75 Å². The molecule has 0 unspecified atom stereocenters. The molecule has 0 atom stereocenters. The monoisotopic (exact) mass is 363 g/mol. The van der Waals surface area contributed by atoms with Crippen LogP contribution < -0.4 is 5.32 Å². The first kappa shape index (κ1) is 19.4. The molecule has 0 aliphatic rings. The summed E-state index contributed by atoms with van der Waals surface area (Å²) in [4.78, 5) is 16.0. The van der Waals surface area contributed by atoms with Crippen LogP contribution in [0.1, 0.15) is 20.3 Å². The second-order valence-electron chi connectivity index (χ2n) is 6.03. The summed E-state index contributed by atoms with van der Waals surface area (Å²) in [7, 11) is 1.65. The Hall–Kier alpha value is -1.93. The molecule has 1 N–H and O–H groups in total. The van der Waals surface area contributed by atoms with Crippen molar-refractivity contribution in [2.45, 2.75) is 32.0 Å². The van der Waals surface area contributed by atoms with Gasteiger partial charge >= 0.3 is 0 Å². The lowest BCUT2D eigenvalue weighted by Crippen LogP contribution is -2.27. The van der Waals surface area contributed by atoms with Crippen molar-refractivity contribution in [3.8, 4) is 11.4 Å². The Morgan fingerprint density at radius 1 is 1.32 bits per heavy atom. The smallest absolute Gasteiger partial charge is 0.230 e. The molecule has 0 saturated heterocycles. The predicted molar refractivity (Wildman–Crippen MR) is 98.3 cm³/mol. The van der Waals surface area contributed by atoms with Gasteiger partial charge in [-0.2, -0.15) is 0 Å². The molecule has 0 spiro atoms. The largest absolute Gasteiger partial charge is 0.385 e. The second kappa shape index (κ2) is 10.1. The van der Waals surface area contributed by atoms with Crippen molar-refractivity contribution in [1.82, 2.24) is 25.1 Å². The Morgan fingerprint density at radius 3 is 2.76 bits per heavy atom. The maximum absolute atomic E-state index is 12.0. The highest BCUT2D eigenvalue weighted by Crippen LogP contribution is 2.24. The van der Waals surface area contributed by atoms with E-state index in [1.165, 1.54) is 11.8 Å². The minimum Gasteiger partial charge on any atom is -0.385 e. The molecule has 2 rings (SSSR count). The van der Waals surface area contributed by atoms with E-state index in [4.69, 9.17) is 4.74 Å². The van der Waals surface area contributed by atoms with Gasteiger partial charge in [0.1, 0.15) is 0 Å². The molecule has 0 saturated carbocycles. The number of nitrogens with one attached hydrogen (secondary N) is 1. The molecule has 25 heavy (non-hydrogen) atoms. The first-order valence-electron chi connectivity index (χ1n) is 8.33. The number of nitrogens with zero attached hydrogens (tertiary/aromatic N) is 4. The standard InChI is InChI=1S/C17H25N5O2S/c1-13(2)11-22-16(14-5-8-18-9-6-14)20-21-17(22)25-12-15(23)19-7-4-10-24-3/h5-6,8-9,13H,4,7,10-12H2,1-3H3,(H,19,23). The van der Waals surface area contributed by atoms with Crippen LogP contribution in [0, 0.1) is 5.92 Å². The maximum atomic E-state index is 12.0. The first-order valence-corrected chi connectivity index (χ1v) is 9.32. The van der Waals surface area contributed by atoms with Crippen LogP contribution in [0.15, 0.2) is 29.7 Å². The quantitative estimate of drug-likeness (QED) is 0.515. The fourth-order valence-corrected chi connectivity index (χ4v) is 3.04. The zero-order valence-corrected chi connectivity index (χ0v) is 15.8. The molecule has 0 radical (unpaired) electrons. The minimum atomic E-state index is -0.00865. The van der Waals surface area contributed by atoms with E-state index in [9.17, 15) is 4.79 Å². The van der Waals surface area contributed by atoms with E-state index in [2.05, 4.69) is 38.9 Å². The zero-order chi connectivity index (χ0) is 18.1. The highest BCUT2D eigenvalue weighted by atomic mass is 32.2. The Balaban J connectivity index is 2.02. The summed E-state index contributed by atoms with van der Waals surface area (Å²) < 4.78 is 7.04. The van der Waals surface area contributed by atoms with Crippen molar-refractivity contribution in [2.75, 3.05) is 26.0 Å². The SMILES string of the molecule is COCCCNC(=O)CSc1nnc(-c2ccncc2)n1CC(C)C. The average Bonchev–Trinajstić information content (AvgIpc) is 2.99. The van der Waals surface area contributed by atoms with Gasteiger partial charge in [-0.25, -0.2) is 0 Å². The number of hydrogen-bond donors (Lipinski definition) is 1. The summed E-state index contributed by atoms with van der Waals surface area (Å²) in [6, 6.07) is 3.83. The molecule has 2 aromatic rings. The molecule has 0 fully saturated rings. The predicted octanol–water partition coefficient (Wildman–Crippen LogP) is 2.24. The van der Waals surface area contributed by atoms with E-state index in [1.54, 1.807) is 19.5 Å². The van der Waals surface area contributed by atoms with E-state index in [0.717, 1.165) is 29.5 Å². The number of carbonyl (C=O) groups is 1. The lowest BCUT2D eigenvalue weighted by Gasteiger charge is -2.12. The Labute approximate surface area is 152 Å². The molecule has 0 aliphatic carbocycles. The number of methoxy groups -OCH3 is 1. The third-order valence-corrected chi connectivity index (χ3v) is 4.35. The van der Waals surface area contributed by atoms with Gasteiger partial charge in [-0.15, -0.1) is 10.2 Å². The summed E-state index contributed by atoms with van der Waals surface area (Å²) in [5, 5.41) is 12.2. The van der Waals surface area contributed by atoms with E-state index < -0.39 is 0 Å². The summed E-state index contributed by atoms with van der Waals surface area (Å²) in [5.41, 5.74) is 0.971. The summed E-state index contributed by atoms with van der Waals surface area (Å²) in [5.74, 6) is 1.56. The van der Waals surface area contributed by atoms with Crippen molar-refractivity contribution in [1.29, 1.82) is 0 Å². The molecule has 0 aromatic carbocycles. The number of aromatic nitrogens is 4. The summed E-state index contributed by atoms with van der Waals surface area (Å²) in [6.45, 7) is 6.35. The van der Waals surface area contributed by atoms with Crippen molar-refractivity contribution in [3.63, 3.8) is 0 Å². The molecular weight excluding hydrogens is 338 g/mol. The highest BCUT2D eigenvalue weighted by Gasteiger charge is 2.16. The van der Waals surface area contributed by atoms with Gasteiger partial charge in [0.15, 0.2) is 11.0 Å². The molecular formula is C17H25N5O2S. The Morgan fingerprint density at radius 2 is 2.08 bits per heavy atom. The maximum Gasteiger partial charge on any atom is 0.230 e. The van der Waals surface area contributed by atoms with Crippen LogP contribution in [-0.4, -0.2) is 51.7 Å².